The first kappa shape index (κ1) is 14.8. The molecule has 1 saturated carbocycles. The highest BCUT2D eigenvalue weighted by atomic mass is 16.4. The van der Waals surface area contributed by atoms with Crippen LogP contribution in [0.15, 0.2) is 24.3 Å². The minimum absolute atomic E-state index is 0.0413. The average Bonchev–Trinajstić information content (AvgIpc) is 2.63. The van der Waals surface area contributed by atoms with Crippen LogP contribution in [0.1, 0.15) is 44.0 Å². The topological polar surface area (TPSA) is 77.5 Å². The quantitative estimate of drug-likeness (QED) is 0.773. The van der Waals surface area contributed by atoms with Gasteiger partial charge in [0.1, 0.15) is 0 Å². The van der Waals surface area contributed by atoms with E-state index in [-0.39, 0.29) is 28.7 Å². The Morgan fingerprint density at radius 2 is 1.95 bits per heavy atom. The van der Waals surface area contributed by atoms with Crippen LogP contribution in [-0.4, -0.2) is 17.8 Å². The van der Waals surface area contributed by atoms with Crippen molar-refractivity contribution < 1.29 is 19.5 Å². The number of hydrogen-bond acceptors (Lipinski definition) is 4. The Balaban J connectivity index is 2.10. The summed E-state index contributed by atoms with van der Waals surface area (Å²) >= 11 is 0. The van der Waals surface area contributed by atoms with Crippen LogP contribution in [0.3, 0.4) is 0 Å². The summed E-state index contributed by atoms with van der Waals surface area (Å²) in [5, 5.41) is 11.0. The standard InChI is InChI=1S/C17H19NO4/c1-16(2)12-7-8-17(16,3)15(22)18(13(12)19)11-6-4-5-10(9-11)14(20)21/h4-6,9,12H,7-8H2,1-3H3,(H,20,21)/p-1/t12-,17-/m0/s1. The molecule has 3 rings (SSSR count). The van der Waals surface area contributed by atoms with Crippen LogP contribution in [0.4, 0.5) is 5.69 Å². The van der Waals surface area contributed by atoms with E-state index in [1.54, 1.807) is 6.07 Å². The third-order valence-corrected chi connectivity index (χ3v) is 5.76. The van der Waals surface area contributed by atoms with Gasteiger partial charge in [0.05, 0.1) is 17.1 Å². The maximum Gasteiger partial charge on any atom is 0.240 e. The summed E-state index contributed by atoms with van der Waals surface area (Å²) in [6, 6.07) is 5.82. The number of fused-ring (bicyclic) bond motifs is 2. The van der Waals surface area contributed by atoms with E-state index in [1.165, 1.54) is 18.2 Å². The molecule has 1 aliphatic heterocycles. The van der Waals surface area contributed by atoms with Crippen LogP contribution in [0, 0.1) is 16.7 Å². The number of aromatic carboxylic acids is 1. The molecule has 2 fully saturated rings. The summed E-state index contributed by atoms with van der Waals surface area (Å²) in [6.07, 6.45) is 1.36. The highest BCUT2D eigenvalue weighted by Gasteiger charge is 2.64. The molecule has 1 heterocycles. The molecule has 5 nitrogen and oxygen atoms in total. The molecule has 2 aliphatic rings. The predicted molar refractivity (Wildman–Crippen MR) is 77.9 cm³/mol. The number of carbonyl (C=O) groups is 3. The van der Waals surface area contributed by atoms with Gasteiger partial charge < -0.3 is 9.90 Å². The van der Waals surface area contributed by atoms with Gasteiger partial charge in [0, 0.05) is 5.92 Å². The molecule has 1 saturated heterocycles. The van der Waals surface area contributed by atoms with Crippen molar-refractivity contribution in [2.75, 3.05) is 4.90 Å². The molecule has 22 heavy (non-hydrogen) atoms. The molecule has 0 N–H and O–H groups in total. The zero-order valence-electron chi connectivity index (χ0n) is 12.9. The van der Waals surface area contributed by atoms with Gasteiger partial charge in [-0.2, -0.15) is 0 Å². The summed E-state index contributed by atoms with van der Waals surface area (Å²) < 4.78 is 0. The molecule has 0 spiro atoms. The van der Waals surface area contributed by atoms with Crippen LogP contribution >= 0.6 is 0 Å². The van der Waals surface area contributed by atoms with E-state index in [1.807, 2.05) is 20.8 Å². The van der Waals surface area contributed by atoms with Gasteiger partial charge in [0.2, 0.25) is 11.8 Å². The van der Waals surface area contributed by atoms with Gasteiger partial charge in [-0.1, -0.05) is 32.9 Å². The van der Waals surface area contributed by atoms with E-state index >= 15 is 0 Å². The smallest absolute Gasteiger partial charge is 0.240 e. The average molecular weight is 300 g/mol. The zero-order chi connectivity index (χ0) is 16.3. The summed E-state index contributed by atoms with van der Waals surface area (Å²) in [6.45, 7) is 5.84. The Bertz CT molecular complexity index is 694. The molecular weight excluding hydrogens is 282 g/mol. The first-order valence-electron chi connectivity index (χ1n) is 7.40. The summed E-state index contributed by atoms with van der Waals surface area (Å²) in [5.41, 5.74) is -0.724. The summed E-state index contributed by atoms with van der Waals surface area (Å²) in [4.78, 5) is 37.9. The van der Waals surface area contributed by atoms with E-state index in [9.17, 15) is 19.5 Å². The van der Waals surface area contributed by atoms with Crippen molar-refractivity contribution in [3.05, 3.63) is 29.8 Å². The Labute approximate surface area is 128 Å². The number of hydrogen-bond donors (Lipinski definition) is 0. The highest BCUT2D eigenvalue weighted by Crippen LogP contribution is 2.60. The van der Waals surface area contributed by atoms with Crippen molar-refractivity contribution in [1.29, 1.82) is 0 Å². The predicted octanol–water partition coefficient (Wildman–Crippen LogP) is 1.37. The fourth-order valence-electron chi connectivity index (χ4n) is 3.83. The molecule has 1 aromatic carbocycles. The normalized spacial score (nSPS) is 29.8. The van der Waals surface area contributed by atoms with Gasteiger partial charge in [-0.25, -0.2) is 4.90 Å². The van der Waals surface area contributed by atoms with Crippen molar-refractivity contribution in [2.45, 2.75) is 33.6 Å². The number of nitrogens with zero attached hydrogens (tertiary/aromatic N) is 1. The highest BCUT2D eigenvalue weighted by molar-refractivity contribution is 6.20. The fourth-order valence-corrected chi connectivity index (χ4v) is 3.83. The number of amides is 2. The molecule has 1 aliphatic carbocycles. The van der Waals surface area contributed by atoms with Crippen LogP contribution in [-0.2, 0) is 9.59 Å². The number of imide groups is 1. The third kappa shape index (κ3) is 1.68. The molecule has 2 atom stereocenters. The van der Waals surface area contributed by atoms with E-state index in [4.69, 9.17) is 0 Å². The lowest BCUT2D eigenvalue weighted by atomic mass is 9.62. The van der Waals surface area contributed by atoms with Crippen molar-refractivity contribution in [1.82, 2.24) is 0 Å². The van der Waals surface area contributed by atoms with Crippen molar-refractivity contribution >= 4 is 23.5 Å². The van der Waals surface area contributed by atoms with Crippen LogP contribution < -0.4 is 10.0 Å². The van der Waals surface area contributed by atoms with Gasteiger partial charge >= 0.3 is 0 Å². The molecule has 2 bridgehead atoms. The number of carboxylic acid groups (broad SMARTS) is 1. The molecule has 116 valence electrons. The first-order chi connectivity index (χ1) is 10.2. The molecule has 1 aromatic rings. The molecule has 2 amide bonds. The minimum atomic E-state index is -1.33. The fraction of sp³-hybridized carbons (Fsp3) is 0.471. The second-order valence-electron chi connectivity index (χ2n) is 6.96. The number of rotatable bonds is 2. The van der Waals surface area contributed by atoms with Gasteiger partial charge in [-0.05, 0) is 36.0 Å². The summed E-state index contributed by atoms with van der Waals surface area (Å²) in [5.74, 6) is -2.03. The number of carboxylic acids is 1. The Morgan fingerprint density at radius 1 is 1.27 bits per heavy atom. The van der Waals surface area contributed by atoms with Crippen LogP contribution in [0.25, 0.3) is 0 Å². The van der Waals surface area contributed by atoms with Crippen molar-refractivity contribution in [3.63, 3.8) is 0 Å². The number of benzene rings is 1. The largest absolute Gasteiger partial charge is 0.545 e. The van der Waals surface area contributed by atoms with Gasteiger partial charge in [-0.3, -0.25) is 9.59 Å². The van der Waals surface area contributed by atoms with E-state index in [0.717, 1.165) is 4.90 Å². The maximum absolute atomic E-state index is 13.0. The van der Waals surface area contributed by atoms with Crippen molar-refractivity contribution in [3.8, 4) is 0 Å². The number of carbonyl (C=O) groups excluding carboxylic acids is 3. The number of piperidine rings is 1. The molecule has 5 heteroatoms. The Hall–Kier alpha value is -2.17. The first-order valence-corrected chi connectivity index (χ1v) is 7.40. The van der Waals surface area contributed by atoms with E-state index in [2.05, 4.69) is 0 Å². The zero-order valence-corrected chi connectivity index (χ0v) is 12.9. The Morgan fingerprint density at radius 3 is 2.59 bits per heavy atom. The van der Waals surface area contributed by atoms with Gasteiger partial charge in [0.25, 0.3) is 0 Å². The lowest BCUT2D eigenvalue weighted by Gasteiger charge is -2.47. The van der Waals surface area contributed by atoms with Gasteiger partial charge in [0.15, 0.2) is 0 Å². The maximum atomic E-state index is 13.0. The Kier molecular flexibility index (Phi) is 2.96. The second-order valence-corrected chi connectivity index (χ2v) is 6.96. The summed E-state index contributed by atoms with van der Waals surface area (Å²) in [7, 11) is 0. The molecule has 0 unspecified atom stereocenters. The van der Waals surface area contributed by atoms with Crippen molar-refractivity contribution in [2.24, 2.45) is 16.7 Å². The van der Waals surface area contributed by atoms with Crippen LogP contribution in [0.5, 0.6) is 0 Å². The monoisotopic (exact) mass is 300 g/mol. The lowest BCUT2D eigenvalue weighted by Crippen LogP contribution is -2.59. The van der Waals surface area contributed by atoms with E-state index in [0.29, 0.717) is 18.5 Å². The molecular formula is C17H18NO4-. The van der Waals surface area contributed by atoms with Gasteiger partial charge in [-0.15, -0.1) is 0 Å². The third-order valence-electron chi connectivity index (χ3n) is 5.76. The molecule has 0 aromatic heterocycles. The second kappa shape index (κ2) is 4.41. The van der Waals surface area contributed by atoms with E-state index < -0.39 is 11.4 Å². The molecule has 0 radical (unpaired) electrons. The lowest BCUT2D eigenvalue weighted by molar-refractivity contribution is -0.255. The SMILES string of the molecule is CC1(C)[C@H]2CC[C@@]1(C)C(=O)N(c1cccc(C(=O)[O-])c1)C2=O. The minimum Gasteiger partial charge on any atom is -0.545 e. The van der Waals surface area contributed by atoms with Crippen LogP contribution in [0.2, 0.25) is 0 Å². The number of anilines is 1.